The smallest absolute Gasteiger partial charge is 0.411 e. The van der Waals surface area contributed by atoms with E-state index in [1.807, 2.05) is 43.3 Å². The maximum absolute atomic E-state index is 12.6. The van der Waals surface area contributed by atoms with Crippen LogP contribution in [0.3, 0.4) is 0 Å². The molecule has 3 aromatic carbocycles. The summed E-state index contributed by atoms with van der Waals surface area (Å²) in [6, 6.07) is 19.4. The van der Waals surface area contributed by atoms with E-state index in [4.69, 9.17) is 16.3 Å². The fourth-order valence-corrected chi connectivity index (χ4v) is 4.46. The lowest BCUT2D eigenvalue weighted by Gasteiger charge is -2.16. The number of carboxylic acid groups (broad SMARTS) is 1. The van der Waals surface area contributed by atoms with E-state index < -0.39 is 24.0 Å². The number of anilines is 1. The summed E-state index contributed by atoms with van der Waals surface area (Å²) in [6.45, 7) is 1.97. The summed E-state index contributed by atoms with van der Waals surface area (Å²) in [7, 11) is 0. The second-order valence-electron chi connectivity index (χ2n) is 8.30. The highest BCUT2D eigenvalue weighted by atomic mass is 35.5. The van der Waals surface area contributed by atoms with Gasteiger partial charge >= 0.3 is 12.1 Å². The van der Waals surface area contributed by atoms with Crippen molar-refractivity contribution in [3.63, 3.8) is 0 Å². The van der Waals surface area contributed by atoms with Crippen molar-refractivity contribution < 1.29 is 24.2 Å². The van der Waals surface area contributed by atoms with E-state index >= 15 is 0 Å². The minimum Gasteiger partial charge on any atom is -0.480 e. The summed E-state index contributed by atoms with van der Waals surface area (Å²) >= 11 is 6.22. The Kier molecular flexibility index (Phi) is 7.36. The van der Waals surface area contributed by atoms with Gasteiger partial charge < -0.3 is 15.2 Å². The molecule has 0 saturated carbocycles. The molecule has 8 heteroatoms. The molecule has 2 amide bonds. The molecular formula is C27H25ClN2O5. The van der Waals surface area contributed by atoms with Gasteiger partial charge in [-0.3, -0.25) is 10.1 Å². The van der Waals surface area contributed by atoms with E-state index in [1.54, 1.807) is 0 Å². The summed E-state index contributed by atoms with van der Waals surface area (Å²) in [5.74, 6) is -1.77. The van der Waals surface area contributed by atoms with Crippen LogP contribution in [-0.2, 0) is 9.53 Å². The Morgan fingerprint density at radius 2 is 1.63 bits per heavy atom. The van der Waals surface area contributed by atoms with Crippen molar-refractivity contribution in [2.45, 2.75) is 31.7 Å². The first-order valence-corrected chi connectivity index (χ1v) is 11.7. The number of benzene rings is 3. The van der Waals surface area contributed by atoms with E-state index in [0.29, 0.717) is 12.8 Å². The first kappa shape index (κ1) is 24.3. The lowest BCUT2D eigenvalue weighted by atomic mass is 9.98. The van der Waals surface area contributed by atoms with Gasteiger partial charge in [0.15, 0.2) is 0 Å². The van der Waals surface area contributed by atoms with Gasteiger partial charge in [-0.05, 0) is 46.9 Å². The maximum atomic E-state index is 12.6. The van der Waals surface area contributed by atoms with Crippen molar-refractivity contribution in [3.8, 4) is 11.1 Å². The molecule has 3 aromatic rings. The molecule has 4 rings (SSSR count). The SMILES string of the molecule is CCCC(NC(=O)c1ccc(Cl)c(NC(=O)OCC2c3ccccc3-c3ccccc32)c1)C(=O)O. The number of amides is 2. The van der Waals surface area contributed by atoms with Crippen LogP contribution in [0.1, 0.15) is 47.2 Å². The van der Waals surface area contributed by atoms with Gasteiger partial charge in [0.1, 0.15) is 12.6 Å². The molecule has 0 spiro atoms. The number of aliphatic carboxylic acids is 1. The predicted octanol–water partition coefficient (Wildman–Crippen LogP) is 5.68. The number of carboxylic acids is 1. The van der Waals surface area contributed by atoms with Crippen molar-refractivity contribution in [1.29, 1.82) is 0 Å². The van der Waals surface area contributed by atoms with E-state index in [2.05, 4.69) is 22.8 Å². The molecule has 0 aromatic heterocycles. The van der Waals surface area contributed by atoms with Crippen LogP contribution >= 0.6 is 11.6 Å². The Hall–Kier alpha value is -3.84. The van der Waals surface area contributed by atoms with Crippen LogP contribution in [0, 0.1) is 0 Å². The number of hydrogen-bond donors (Lipinski definition) is 3. The Bertz CT molecular complexity index is 1230. The van der Waals surface area contributed by atoms with Crippen molar-refractivity contribution in [2.75, 3.05) is 11.9 Å². The molecule has 0 bridgehead atoms. The average molecular weight is 493 g/mol. The maximum Gasteiger partial charge on any atom is 0.411 e. The van der Waals surface area contributed by atoms with E-state index in [1.165, 1.54) is 18.2 Å². The number of carbonyl (C=O) groups excluding carboxylic acids is 2. The summed E-state index contributed by atoms with van der Waals surface area (Å²) in [5, 5.41) is 14.6. The van der Waals surface area contributed by atoms with Crippen LogP contribution < -0.4 is 10.6 Å². The van der Waals surface area contributed by atoms with Gasteiger partial charge in [-0.15, -0.1) is 0 Å². The van der Waals surface area contributed by atoms with Gasteiger partial charge in [0.05, 0.1) is 10.7 Å². The third-order valence-electron chi connectivity index (χ3n) is 5.99. The van der Waals surface area contributed by atoms with Gasteiger partial charge in [0.25, 0.3) is 5.91 Å². The molecule has 1 aliphatic carbocycles. The Morgan fingerprint density at radius 3 is 2.23 bits per heavy atom. The van der Waals surface area contributed by atoms with E-state index in [9.17, 15) is 19.5 Å². The second-order valence-corrected chi connectivity index (χ2v) is 8.71. The molecule has 1 unspecified atom stereocenters. The van der Waals surface area contributed by atoms with Crippen LogP contribution in [-0.4, -0.2) is 35.7 Å². The summed E-state index contributed by atoms with van der Waals surface area (Å²) in [4.78, 5) is 36.5. The van der Waals surface area contributed by atoms with Gasteiger partial charge in [0.2, 0.25) is 0 Å². The van der Waals surface area contributed by atoms with E-state index in [-0.39, 0.29) is 28.8 Å². The first-order valence-electron chi connectivity index (χ1n) is 11.3. The average Bonchev–Trinajstić information content (AvgIpc) is 3.17. The number of nitrogens with one attached hydrogen (secondary N) is 2. The molecule has 3 N–H and O–H groups in total. The highest BCUT2D eigenvalue weighted by Crippen LogP contribution is 2.44. The van der Waals surface area contributed by atoms with Crippen LogP contribution in [0.5, 0.6) is 0 Å². The van der Waals surface area contributed by atoms with Gasteiger partial charge in [-0.25, -0.2) is 9.59 Å². The monoisotopic (exact) mass is 492 g/mol. The van der Waals surface area contributed by atoms with Gasteiger partial charge in [0, 0.05) is 11.5 Å². The number of ether oxygens (including phenoxy) is 1. The number of fused-ring (bicyclic) bond motifs is 3. The normalized spacial score (nSPS) is 12.9. The summed E-state index contributed by atoms with van der Waals surface area (Å²) in [6.07, 6.45) is 0.201. The minimum atomic E-state index is -1.11. The highest BCUT2D eigenvalue weighted by molar-refractivity contribution is 6.33. The molecule has 35 heavy (non-hydrogen) atoms. The Labute approximate surface area is 208 Å². The number of hydrogen-bond acceptors (Lipinski definition) is 4. The van der Waals surface area contributed by atoms with Crippen molar-refractivity contribution in [2.24, 2.45) is 0 Å². The quantitative estimate of drug-likeness (QED) is 0.375. The van der Waals surface area contributed by atoms with Crippen LogP contribution in [0.2, 0.25) is 5.02 Å². The molecule has 0 saturated heterocycles. The molecule has 0 radical (unpaired) electrons. The molecule has 0 heterocycles. The summed E-state index contributed by atoms with van der Waals surface area (Å²) < 4.78 is 5.54. The molecule has 7 nitrogen and oxygen atoms in total. The molecule has 1 atom stereocenters. The van der Waals surface area contributed by atoms with Crippen molar-refractivity contribution >= 4 is 35.3 Å². The predicted molar refractivity (Wildman–Crippen MR) is 134 cm³/mol. The lowest BCUT2D eigenvalue weighted by molar-refractivity contribution is -0.139. The summed E-state index contributed by atoms with van der Waals surface area (Å²) in [5.41, 5.74) is 4.81. The molecule has 0 fully saturated rings. The Balaban J connectivity index is 1.43. The highest BCUT2D eigenvalue weighted by Gasteiger charge is 2.29. The van der Waals surface area contributed by atoms with E-state index in [0.717, 1.165) is 22.3 Å². The van der Waals surface area contributed by atoms with Crippen LogP contribution in [0.4, 0.5) is 10.5 Å². The standard InChI is InChI=1S/C27H25ClN2O5/c1-2-7-23(26(32)33)29-25(31)16-12-13-22(28)24(14-16)30-27(34)35-15-21-19-10-5-3-8-17(19)18-9-4-6-11-20(18)21/h3-6,8-14,21,23H,2,7,15H2,1H3,(H,29,31)(H,30,34)(H,32,33). The third-order valence-corrected chi connectivity index (χ3v) is 6.32. The van der Waals surface area contributed by atoms with Crippen LogP contribution in [0.25, 0.3) is 11.1 Å². The number of halogens is 1. The van der Waals surface area contributed by atoms with Gasteiger partial charge in [-0.2, -0.15) is 0 Å². The molecule has 0 aliphatic heterocycles. The number of rotatable bonds is 8. The van der Waals surface area contributed by atoms with Crippen molar-refractivity contribution in [1.82, 2.24) is 5.32 Å². The molecule has 180 valence electrons. The van der Waals surface area contributed by atoms with Gasteiger partial charge in [-0.1, -0.05) is 73.5 Å². The topological polar surface area (TPSA) is 105 Å². The van der Waals surface area contributed by atoms with Crippen LogP contribution in [0.15, 0.2) is 66.7 Å². The fraction of sp³-hybridized carbons (Fsp3) is 0.222. The lowest BCUT2D eigenvalue weighted by Crippen LogP contribution is -2.40. The zero-order chi connectivity index (χ0) is 24.9. The molecule has 1 aliphatic rings. The Morgan fingerprint density at radius 1 is 1.00 bits per heavy atom. The number of carbonyl (C=O) groups is 3. The zero-order valence-electron chi connectivity index (χ0n) is 19.1. The first-order chi connectivity index (χ1) is 16.9. The van der Waals surface area contributed by atoms with Crippen molar-refractivity contribution in [3.05, 3.63) is 88.4 Å². The minimum absolute atomic E-state index is 0.0905. The molecular weight excluding hydrogens is 468 g/mol. The third kappa shape index (κ3) is 5.30. The largest absolute Gasteiger partial charge is 0.480 e. The zero-order valence-corrected chi connectivity index (χ0v) is 19.8. The fourth-order valence-electron chi connectivity index (χ4n) is 4.29. The second kappa shape index (κ2) is 10.6.